The lowest BCUT2D eigenvalue weighted by Crippen LogP contribution is -2.10. The summed E-state index contributed by atoms with van der Waals surface area (Å²) in [5.41, 5.74) is 4.05. The molecule has 1 aromatic carbocycles. The van der Waals surface area contributed by atoms with E-state index in [4.69, 9.17) is 4.74 Å². The highest BCUT2D eigenvalue weighted by Gasteiger charge is 1.96. The van der Waals surface area contributed by atoms with Gasteiger partial charge in [-0.2, -0.15) is 5.10 Å². The number of hydrogen-bond acceptors (Lipinski definition) is 5. The zero-order valence-corrected chi connectivity index (χ0v) is 12.8. The molecule has 2 N–H and O–H groups in total. The minimum absolute atomic E-state index is 0.209. The first-order valence-corrected chi connectivity index (χ1v) is 7.27. The van der Waals surface area contributed by atoms with Gasteiger partial charge in [-0.3, -0.25) is 9.78 Å². The lowest BCUT2D eigenvalue weighted by Gasteiger charge is -2.05. The number of ether oxygens (including phenoxy) is 1. The molecule has 6 heteroatoms. The first-order chi connectivity index (χ1) is 10.7. The van der Waals surface area contributed by atoms with E-state index in [0.717, 1.165) is 30.8 Å². The predicted molar refractivity (Wildman–Crippen MR) is 87.7 cm³/mol. The first kappa shape index (κ1) is 15.8. The Morgan fingerprint density at radius 2 is 2.14 bits per heavy atom. The van der Waals surface area contributed by atoms with Crippen molar-refractivity contribution in [2.75, 3.05) is 12.0 Å². The van der Waals surface area contributed by atoms with Gasteiger partial charge in [-0.05, 0) is 43.2 Å². The maximum Gasteiger partial charge on any atom is 0.252 e. The van der Waals surface area contributed by atoms with Crippen molar-refractivity contribution in [3.63, 3.8) is 0 Å². The Morgan fingerprint density at radius 3 is 2.82 bits per heavy atom. The van der Waals surface area contributed by atoms with E-state index >= 15 is 0 Å². The fraction of sp³-hybridized carbons (Fsp3) is 0.312. The summed E-state index contributed by atoms with van der Waals surface area (Å²) in [5.74, 6) is 1.17. The number of unbranched alkanes of at least 4 members (excludes halogenated alkanes) is 1. The van der Waals surface area contributed by atoms with Crippen molar-refractivity contribution in [2.24, 2.45) is 5.10 Å². The fourth-order valence-electron chi connectivity index (χ4n) is 1.78. The normalized spacial score (nSPS) is 10.8. The summed E-state index contributed by atoms with van der Waals surface area (Å²) < 4.78 is 5.59. The third kappa shape index (κ3) is 5.05. The second-order valence-corrected chi connectivity index (χ2v) is 4.88. The van der Waals surface area contributed by atoms with Crippen LogP contribution in [0.3, 0.4) is 0 Å². The Labute approximate surface area is 129 Å². The van der Waals surface area contributed by atoms with Crippen LogP contribution in [0.2, 0.25) is 0 Å². The average Bonchev–Trinajstić information content (AvgIpc) is 2.48. The number of nitrogens with one attached hydrogen (secondary N) is 2. The van der Waals surface area contributed by atoms with Crippen LogP contribution in [0.1, 0.15) is 31.0 Å². The van der Waals surface area contributed by atoms with Crippen LogP contribution in [-0.2, 0) is 0 Å². The second kappa shape index (κ2) is 7.97. The third-order valence-corrected chi connectivity index (χ3v) is 2.90. The van der Waals surface area contributed by atoms with Crippen molar-refractivity contribution < 1.29 is 4.74 Å². The minimum Gasteiger partial charge on any atom is -0.494 e. The van der Waals surface area contributed by atoms with Crippen LogP contribution >= 0.6 is 0 Å². The molecule has 6 nitrogen and oxygen atoms in total. The molecule has 0 fully saturated rings. The van der Waals surface area contributed by atoms with Crippen molar-refractivity contribution in [2.45, 2.75) is 26.7 Å². The first-order valence-electron chi connectivity index (χ1n) is 7.27. The zero-order valence-electron chi connectivity index (χ0n) is 12.8. The highest BCUT2D eigenvalue weighted by molar-refractivity contribution is 5.80. The molecule has 0 aliphatic carbocycles. The van der Waals surface area contributed by atoms with Gasteiger partial charge >= 0.3 is 0 Å². The van der Waals surface area contributed by atoms with Crippen LogP contribution in [0.25, 0.3) is 0 Å². The Bertz CT molecular complexity index is 677. The zero-order chi connectivity index (χ0) is 15.8. The molecule has 0 saturated carbocycles. The predicted octanol–water partition coefficient (Wildman–Crippen LogP) is 2.70. The van der Waals surface area contributed by atoms with Gasteiger partial charge in [-0.15, -0.1) is 0 Å². The van der Waals surface area contributed by atoms with Gasteiger partial charge in [0.05, 0.1) is 12.8 Å². The molecule has 0 radical (unpaired) electrons. The van der Waals surface area contributed by atoms with Gasteiger partial charge in [0.15, 0.2) is 0 Å². The Morgan fingerprint density at radius 1 is 1.36 bits per heavy atom. The maximum atomic E-state index is 11.3. The molecule has 0 saturated heterocycles. The lowest BCUT2D eigenvalue weighted by atomic mass is 10.2. The molecule has 1 aromatic heterocycles. The number of aromatic amines is 1. The second-order valence-electron chi connectivity index (χ2n) is 4.88. The van der Waals surface area contributed by atoms with Crippen LogP contribution in [0, 0.1) is 6.92 Å². The molecular formula is C16H20N4O2. The summed E-state index contributed by atoms with van der Waals surface area (Å²) in [5, 5.41) is 4.05. The number of H-pyrrole nitrogens is 1. The van der Waals surface area contributed by atoms with Gasteiger partial charge in [-0.1, -0.05) is 13.3 Å². The van der Waals surface area contributed by atoms with Crippen LogP contribution in [0.4, 0.5) is 5.95 Å². The van der Waals surface area contributed by atoms with Crippen LogP contribution in [-0.4, -0.2) is 22.8 Å². The molecule has 116 valence electrons. The number of aromatic nitrogens is 2. The van der Waals surface area contributed by atoms with Crippen molar-refractivity contribution in [1.29, 1.82) is 0 Å². The Balaban J connectivity index is 1.91. The number of benzene rings is 1. The average molecular weight is 300 g/mol. The number of anilines is 1. The van der Waals surface area contributed by atoms with E-state index in [-0.39, 0.29) is 5.56 Å². The molecule has 22 heavy (non-hydrogen) atoms. The molecule has 0 atom stereocenters. The van der Waals surface area contributed by atoms with E-state index in [1.165, 1.54) is 6.07 Å². The summed E-state index contributed by atoms with van der Waals surface area (Å²) in [4.78, 5) is 18.0. The molecule has 0 spiro atoms. The number of aryl methyl sites for hydroxylation is 1. The highest BCUT2D eigenvalue weighted by atomic mass is 16.5. The largest absolute Gasteiger partial charge is 0.494 e. The maximum absolute atomic E-state index is 11.3. The van der Waals surface area contributed by atoms with E-state index < -0.39 is 0 Å². The lowest BCUT2D eigenvalue weighted by molar-refractivity contribution is 0.309. The number of rotatable bonds is 7. The van der Waals surface area contributed by atoms with Crippen LogP contribution in [0.5, 0.6) is 5.75 Å². The summed E-state index contributed by atoms with van der Waals surface area (Å²) in [7, 11) is 0. The molecule has 0 bridgehead atoms. The van der Waals surface area contributed by atoms with Gasteiger partial charge in [0, 0.05) is 11.8 Å². The number of nitrogens with zero attached hydrogens (tertiary/aromatic N) is 2. The molecule has 0 unspecified atom stereocenters. The summed E-state index contributed by atoms with van der Waals surface area (Å²) >= 11 is 0. The van der Waals surface area contributed by atoms with Crippen molar-refractivity contribution in [3.05, 3.63) is 51.9 Å². The quantitative estimate of drug-likeness (QED) is 0.468. The number of hydrogen-bond donors (Lipinski definition) is 2. The fourth-order valence-corrected chi connectivity index (χ4v) is 1.78. The SMILES string of the molecule is CCCCOc1ccc(C=NNc2nc(C)cc(=O)[nH]2)cc1. The Hall–Kier alpha value is -2.63. The monoisotopic (exact) mass is 300 g/mol. The number of hydrazone groups is 1. The third-order valence-electron chi connectivity index (χ3n) is 2.90. The molecule has 2 aromatic rings. The van der Waals surface area contributed by atoms with E-state index in [1.54, 1.807) is 13.1 Å². The molecule has 0 amide bonds. The smallest absolute Gasteiger partial charge is 0.252 e. The Kier molecular flexibility index (Phi) is 5.71. The van der Waals surface area contributed by atoms with Crippen LogP contribution in [0.15, 0.2) is 40.2 Å². The summed E-state index contributed by atoms with van der Waals surface area (Å²) in [6.07, 6.45) is 3.82. The van der Waals surface area contributed by atoms with Crippen LogP contribution < -0.4 is 15.7 Å². The van der Waals surface area contributed by atoms with Gasteiger partial charge in [-0.25, -0.2) is 10.4 Å². The van der Waals surface area contributed by atoms with Gasteiger partial charge in [0.1, 0.15) is 5.75 Å². The van der Waals surface area contributed by atoms with E-state index in [9.17, 15) is 4.79 Å². The van der Waals surface area contributed by atoms with Gasteiger partial charge in [0.2, 0.25) is 5.95 Å². The molecule has 2 rings (SSSR count). The van der Waals surface area contributed by atoms with E-state index in [1.807, 2.05) is 24.3 Å². The van der Waals surface area contributed by atoms with E-state index in [2.05, 4.69) is 27.4 Å². The topological polar surface area (TPSA) is 79.4 Å². The summed E-state index contributed by atoms with van der Waals surface area (Å²) in [6.45, 7) is 4.62. The van der Waals surface area contributed by atoms with Gasteiger partial charge < -0.3 is 4.74 Å². The molecular weight excluding hydrogens is 280 g/mol. The molecule has 0 aliphatic heterocycles. The van der Waals surface area contributed by atoms with Crippen molar-refractivity contribution in [3.8, 4) is 5.75 Å². The minimum atomic E-state index is -0.209. The standard InChI is InChI=1S/C16H20N4O2/c1-3-4-9-22-14-7-5-13(6-8-14)11-17-20-16-18-12(2)10-15(21)19-16/h5-8,10-11H,3-4,9H2,1-2H3,(H2,18,19,20,21). The molecule has 0 aliphatic rings. The van der Waals surface area contributed by atoms with Crippen molar-refractivity contribution >= 4 is 12.2 Å². The van der Waals surface area contributed by atoms with Gasteiger partial charge in [0.25, 0.3) is 5.56 Å². The molecule has 1 heterocycles. The van der Waals surface area contributed by atoms with E-state index in [0.29, 0.717) is 11.6 Å². The highest BCUT2D eigenvalue weighted by Crippen LogP contribution is 2.11. The summed E-state index contributed by atoms with van der Waals surface area (Å²) in [6, 6.07) is 9.07. The van der Waals surface area contributed by atoms with Crippen molar-refractivity contribution in [1.82, 2.24) is 9.97 Å².